The molecule has 2 nitrogen and oxygen atoms in total. The Morgan fingerprint density at radius 2 is 1.81 bits per heavy atom. The molecule has 0 heterocycles. The lowest BCUT2D eigenvalue weighted by Gasteiger charge is -2.22. The summed E-state index contributed by atoms with van der Waals surface area (Å²) in [4.78, 5) is 0. The van der Waals surface area contributed by atoms with Crippen molar-refractivity contribution in [1.29, 1.82) is 0 Å². The molecule has 2 N–H and O–H groups in total. The Hall–Kier alpha value is -1.14. The topological polar surface area (TPSA) is 32.3 Å². The van der Waals surface area contributed by atoms with Crippen LogP contribution in [0.3, 0.4) is 0 Å². The molecular formula is C15H21F4NO. The molecule has 0 aliphatic rings. The van der Waals surface area contributed by atoms with E-state index in [1.165, 1.54) is 6.07 Å². The molecule has 0 fully saturated rings. The number of rotatable bonds is 5. The van der Waals surface area contributed by atoms with Crippen LogP contribution in [-0.2, 0) is 12.7 Å². The molecule has 1 rings (SSSR count). The Kier molecular flexibility index (Phi) is 5.75. The summed E-state index contributed by atoms with van der Waals surface area (Å²) >= 11 is 0. The van der Waals surface area contributed by atoms with Gasteiger partial charge in [0, 0.05) is 13.1 Å². The third-order valence-electron chi connectivity index (χ3n) is 2.89. The van der Waals surface area contributed by atoms with E-state index < -0.39 is 23.7 Å². The molecule has 1 unspecified atom stereocenters. The monoisotopic (exact) mass is 307 g/mol. The summed E-state index contributed by atoms with van der Waals surface area (Å²) in [7, 11) is 0. The van der Waals surface area contributed by atoms with E-state index in [9.17, 15) is 22.7 Å². The fourth-order valence-corrected chi connectivity index (χ4v) is 2.06. The highest BCUT2D eigenvalue weighted by atomic mass is 19.4. The van der Waals surface area contributed by atoms with Crippen molar-refractivity contribution in [3.8, 4) is 0 Å². The second kappa shape index (κ2) is 6.75. The van der Waals surface area contributed by atoms with Crippen molar-refractivity contribution in [2.45, 2.75) is 46.0 Å². The maximum atomic E-state index is 13.1. The molecule has 0 radical (unpaired) electrons. The first-order chi connectivity index (χ1) is 9.49. The van der Waals surface area contributed by atoms with Gasteiger partial charge in [0.05, 0.1) is 11.7 Å². The maximum Gasteiger partial charge on any atom is 0.419 e. The summed E-state index contributed by atoms with van der Waals surface area (Å²) in [6.07, 6.45) is -4.70. The Morgan fingerprint density at radius 1 is 1.19 bits per heavy atom. The number of nitrogens with one attached hydrogen (secondary N) is 1. The van der Waals surface area contributed by atoms with Crippen LogP contribution in [0.1, 0.15) is 38.3 Å². The minimum atomic E-state index is -4.70. The van der Waals surface area contributed by atoms with Gasteiger partial charge in [0.25, 0.3) is 0 Å². The van der Waals surface area contributed by atoms with Gasteiger partial charge in [-0.2, -0.15) is 13.2 Å². The van der Waals surface area contributed by atoms with Gasteiger partial charge >= 0.3 is 6.18 Å². The van der Waals surface area contributed by atoms with Crippen LogP contribution in [0, 0.1) is 11.2 Å². The third-order valence-corrected chi connectivity index (χ3v) is 2.89. The van der Waals surface area contributed by atoms with E-state index in [-0.39, 0.29) is 18.5 Å². The number of hydrogen-bond donors (Lipinski definition) is 2. The third kappa shape index (κ3) is 6.44. The molecule has 0 spiro atoms. The number of halogens is 4. The van der Waals surface area contributed by atoms with E-state index in [1.807, 2.05) is 20.8 Å². The van der Waals surface area contributed by atoms with Gasteiger partial charge in [0.15, 0.2) is 0 Å². The number of aliphatic hydroxyl groups is 1. The molecule has 120 valence electrons. The fourth-order valence-electron chi connectivity index (χ4n) is 2.06. The lowest BCUT2D eigenvalue weighted by molar-refractivity contribution is -0.140. The molecule has 0 aliphatic carbocycles. The van der Waals surface area contributed by atoms with Crippen molar-refractivity contribution in [1.82, 2.24) is 5.32 Å². The molecule has 0 saturated carbocycles. The zero-order chi connectivity index (χ0) is 16.3. The van der Waals surface area contributed by atoms with Crippen molar-refractivity contribution in [3.63, 3.8) is 0 Å². The van der Waals surface area contributed by atoms with Crippen LogP contribution in [-0.4, -0.2) is 17.8 Å². The van der Waals surface area contributed by atoms with E-state index >= 15 is 0 Å². The SMILES string of the molecule is CC(C)(C)CC(O)CNCc1ccc(F)c(C(F)(F)F)c1. The molecule has 1 aromatic carbocycles. The molecule has 1 aromatic rings. The Balaban J connectivity index is 2.57. The predicted octanol–water partition coefficient (Wildman–Crippen LogP) is 3.73. The molecular weight excluding hydrogens is 286 g/mol. The number of benzene rings is 1. The average Bonchev–Trinajstić information content (AvgIpc) is 2.27. The summed E-state index contributed by atoms with van der Waals surface area (Å²) < 4.78 is 50.8. The molecule has 21 heavy (non-hydrogen) atoms. The number of aliphatic hydroxyl groups excluding tert-OH is 1. The first kappa shape index (κ1) is 17.9. The standard InChI is InChI=1S/C15H21F4NO/c1-14(2,3)7-11(21)9-20-8-10-4-5-13(16)12(6-10)15(17,18)19/h4-6,11,20-21H,7-9H2,1-3H3. The van der Waals surface area contributed by atoms with Gasteiger partial charge in [0.2, 0.25) is 0 Å². The molecule has 0 aromatic heterocycles. The number of hydrogen-bond acceptors (Lipinski definition) is 2. The van der Waals surface area contributed by atoms with E-state index in [4.69, 9.17) is 0 Å². The molecule has 0 amide bonds. The largest absolute Gasteiger partial charge is 0.419 e. The van der Waals surface area contributed by atoms with Crippen LogP contribution in [0.2, 0.25) is 0 Å². The molecule has 1 atom stereocenters. The quantitative estimate of drug-likeness (QED) is 0.812. The van der Waals surface area contributed by atoms with Gasteiger partial charge in [-0.1, -0.05) is 26.8 Å². The Morgan fingerprint density at radius 3 is 2.33 bits per heavy atom. The minimum absolute atomic E-state index is 0.0274. The lowest BCUT2D eigenvalue weighted by atomic mass is 9.89. The first-order valence-corrected chi connectivity index (χ1v) is 6.73. The van der Waals surface area contributed by atoms with Crippen molar-refractivity contribution in [2.75, 3.05) is 6.54 Å². The fraction of sp³-hybridized carbons (Fsp3) is 0.600. The van der Waals surface area contributed by atoms with E-state index in [0.717, 1.165) is 12.1 Å². The second-order valence-electron chi connectivity index (χ2n) is 6.36. The van der Waals surface area contributed by atoms with Gasteiger partial charge in [-0.15, -0.1) is 0 Å². The van der Waals surface area contributed by atoms with Crippen molar-refractivity contribution >= 4 is 0 Å². The summed E-state index contributed by atoms with van der Waals surface area (Å²) in [6.45, 7) is 6.39. The summed E-state index contributed by atoms with van der Waals surface area (Å²) in [5, 5.41) is 12.7. The summed E-state index contributed by atoms with van der Waals surface area (Å²) in [5.74, 6) is -1.28. The van der Waals surface area contributed by atoms with Crippen LogP contribution >= 0.6 is 0 Å². The maximum absolute atomic E-state index is 13.1. The van der Waals surface area contributed by atoms with Crippen molar-refractivity contribution < 1.29 is 22.7 Å². The van der Waals surface area contributed by atoms with Gasteiger partial charge < -0.3 is 10.4 Å². The zero-order valence-corrected chi connectivity index (χ0v) is 12.4. The van der Waals surface area contributed by atoms with E-state index in [2.05, 4.69) is 5.32 Å². The van der Waals surface area contributed by atoms with Crippen LogP contribution in [0.4, 0.5) is 17.6 Å². The lowest BCUT2D eigenvalue weighted by Crippen LogP contribution is -2.29. The normalized spacial score (nSPS) is 14.3. The minimum Gasteiger partial charge on any atom is -0.392 e. The van der Waals surface area contributed by atoms with Crippen LogP contribution in [0.25, 0.3) is 0 Å². The molecule has 6 heteroatoms. The van der Waals surface area contributed by atoms with Gasteiger partial charge in [0.1, 0.15) is 5.82 Å². The van der Waals surface area contributed by atoms with Gasteiger partial charge in [-0.3, -0.25) is 0 Å². The number of alkyl halides is 3. The highest BCUT2D eigenvalue weighted by Crippen LogP contribution is 2.31. The molecule has 0 bridgehead atoms. The van der Waals surface area contributed by atoms with Gasteiger partial charge in [-0.05, 0) is 29.5 Å². The summed E-state index contributed by atoms with van der Waals surface area (Å²) in [6, 6.07) is 2.90. The molecule has 0 saturated heterocycles. The predicted molar refractivity (Wildman–Crippen MR) is 73.2 cm³/mol. The van der Waals surface area contributed by atoms with Crippen molar-refractivity contribution in [3.05, 3.63) is 35.1 Å². The zero-order valence-electron chi connectivity index (χ0n) is 12.4. The highest BCUT2D eigenvalue weighted by molar-refractivity contribution is 5.27. The van der Waals surface area contributed by atoms with Gasteiger partial charge in [-0.25, -0.2) is 4.39 Å². The van der Waals surface area contributed by atoms with Crippen LogP contribution in [0.5, 0.6) is 0 Å². The second-order valence-corrected chi connectivity index (χ2v) is 6.36. The van der Waals surface area contributed by atoms with Crippen molar-refractivity contribution in [2.24, 2.45) is 5.41 Å². The average molecular weight is 307 g/mol. The van der Waals surface area contributed by atoms with E-state index in [1.54, 1.807) is 0 Å². The highest BCUT2D eigenvalue weighted by Gasteiger charge is 2.34. The summed E-state index contributed by atoms with van der Waals surface area (Å²) in [5.41, 5.74) is -0.968. The Bertz CT molecular complexity index is 466. The first-order valence-electron chi connectivity index (χ1n) is 6.73. The Labute approximate surface area is 122 Å². The van der Waals surface area contributed by atoms with Crippen LogP contribution in [0.15, 0.2) is 18.2 Å². The van der Waals surface area contributed by atoms with E-state index in [0.29, 0.717) is 12.0 Å². The van der Waals surface area contributed by atoms with Crippen LogP contribution < -0.4 is 5.32 Å². The smallest absolute Gasteiger partial charge is 0.392 e. The molecule has 0 aliphatic heterocycles.